The van der Waals surface area contributed by atoms with E-state index in [2.05, 4.69) is 0 Å². The second kappa shape index (κ2) is 5.50. The first-order chi connectivity index (χ1) is 7.83. The van der Waals surface area contributed by atoms with E-state index in [1.165, 1.54) is 6.07 Å². The lowest BCUT2D eigenvalue weighted by atomic mass is 10.4. The van der Waals surface area contributed by atoms with Crippen LogP contribution in [-0.2, 0) is 9.84 Å². The molecule has 1 N–H and O–H groups in total. The van der Waals surface area contributed by atoms with E-state index < -0.39 is 21.1 Å². The molecule has 17 heavy (non-hydrogen) atoms. The normalized spacial score (nSPS) is 11.7. The molecule has 0 fully saturated rings. The summed E-state index contributed by atoms with van der Waals surface area (Å²) in [6, 6.07) is 1.38. The standard InChI is InChI=1S/C10H14O5S2/c1-7(2)17(13,14)4-3-15-8-5-9(10(11)12)16-6-8/h5-7H,3-4H2,1-2H3,(H,11,12). The third kappa shape index (κ3) is 4.01. The molecule has 96 valence electrons. The van der Waals surface area contributed by atoms with Gasteiger partial charge in [0.2, 0.25) is 0 Å². The van der Waals surface area contributed by atoms with Crippen LogP contribution in [-0.4, -0.2) is 37.1 Å². The highest BCUT2D eigenvalue weighted by atomic mass is 32.2. The minimum Gasteiger partial charge on any atom is -0.492 e. The third-order valence-electron chi connectivity index (χ3n) is 2.14. The molecule has 1 aromatic heterocycles. The van der Waals surface area contributed by atoms with Crippen LogP contribution in [0.2, 0.25) is 0 Å². The Kier molecular flexibility index (Phi) is 4.53. The molecule has 0 amide bonds. The van der Waals surface area contributed by atoms with Crippen LogP contribution in [0, 0.1) is 0 Å². The molecule has 7 heteroatoms. The van der Waals surface area contributed by atoms with E-state index in [9.17, 15) is 13.2 Å². The Morgan fingerprint density at radius 2 is 2.18 bits per heavy atom. The van der Waals surface area contributed by atoms with Gasteiger partial charge in [-0.3, -0.25) is 0 Å². The molecule has 5 nitrogen and oxygen atoms in total. The molecular weight excluding hydrogens is 264 g/mol. The fourth-order valence-electron chi connectivity index (χ4n) is 1.02. The van der Waals surface area contributed by atoms with Crippen molar-refractivity contribution in [3.05, 3.63) is 16.3 Å². The largest absolute Gasteiger partial charge is 0.492 e. The van der Waals surface area contributed by atoms with E-state index in [0.29, 0.717) is 5.75 Å². The number of rotatable bonds is 6. The van der Waals surface area contributed by atoms with Crippen LogP contribution < -0.4 is 4.74 Å². The van der Waals surface area contributed by atoms with Crippen LogP contribution in [0.4, 0.5) is 0 Å². The van der Waals surface area contributed by atoms with E-state index >= 15 is 0 Å². The number of sulfone groups is 1. The first kappa shape index (κ1) is 14.0. The lowest BCUT2D eigenvalue weighted by Crippen LogP contribution is -2.21. The molecule has 1 rings (SSSR count). The summed E-state index contributed by atoms with van der Waals surface area (Å²) in [7, 11) is -3.12. The highest BCUT2D eigenvalue weighted by Gasteiger charge is 2.16. The first-order valence-corrected chi connectivity index (χ1v) is 7.58. The molecule has 0 saturated carbocycles. The number of thiophene rings is 1. The van der Waals surface area contributed by atoms with Gasteiger partial charge in [-0.05, 0) is 13.8 Å². The number of aromatic carboxylic acids is 1. The molecule has 1 heterocycles. The third-order valence-corrected chi connectivity index (χ3v) is 5.21. The molecule has 0 aliphatic carbocycles. The maximum Gasteiger partial charge on any atom is 0.346 e. The lowest BCUT2D eigenvalue weighted by Gasteiger charge is -2.07. The molecule has 0 aromatic carbocycles. The molecule has 0 bridgehead atoms. The molecule has 0 atom stereocenters. The highest BCUT2D eigenvalue weighted by Crippen LogP contribution is 2.21. The summed E-state index contributed by atoms with van der Waals surface area (Å²) in [6.07, 6.45) is 0. The maximum absolute atomic E-state index is 11.5. The predicted octanol–water partition coefficient (Wildman–Crippen LogP) is 1.65. The van der Waals surface area contributed by atoms with Gasteiger partial charge in [0.1, 0.15) is 17.2 Å². The topological polar surface area (TPSA) is 80.7 Å². The smallest absolute Gasteiger partial charge is 0.346 e. The van der Waals surface area contributed by atoms with Crippen LogP contribution >= 0.6 is 11.3 Å². The summed E-state index contributed by atoms with van der Waals surface area (Å²) in [5.74, 6) is -0.686. The van der Waals surface area contributed by atoms with Gasteiger partial charge >= 0.3 is 5.97 Å². The van der Waals surface area contributed by atoms with E-state index in [1.54, 1.807) is 19.2 Å². The van der Waals surface area contributed by atoms with Gasteiger partial charge in [-0.1, -0.05) is 0 Å². The highest BCUT2D eigenvalue weighted by molar-refractivity contribution is 7.91. The number of carboxylic acids is 1. The quantitative estimate of drug-likeness (QED) is 0.855. The van der Waals surface area contributed by atoms with Crippen molar-refractivity contribution in [2.75, 3.05) is 12.4 Å². The Balaban J connectivity index is 2.49. The number of hydrogen-bond donors (Lipinski definition) is 1. The van der Waals surface area contributed by atoms with Gasteiger partial charge in [0, 0.05) is 11.4 Å². The number of carbonyl (C=O) groups is 1. The predicted molar refractivity (Wildman–Crippen MR) is 65.7 cm³/mol. The molecule has 0 radical (unpaired) electrons. The van der Waals surface area contributed by atoms with Crippen molar-refractivity contribution in [1.29, 1.82) is 0 Å². The van der Waals surface area contributed by atoms with Crippen LogP contribution in [0.5, 0.6) is 5.75 Å². The zero-order valence-electron chi connectivity index (χ0n) is 9.54. The van der Waals surface area contributed by atoms with Crippen LogP contribution in [0.1, 0.15) is 23.5 Å². The minimum absolute atomic E-state index is 0.0380. The Morgan fingerprint density at radius 1 is 1.53 bits per heavy atom. The fraction of sp³-hybridized carbons (Fsp3) is 0.500. The molecule has 0 aliphatic heterocycles. The van der Waals surface area contributed by atoms with E-state index in [1.807, 2.05) is 0 Å². The minimum atomic E-state index is -3.12. The van der Waals surface area contributed by atoms with Crippen molar-refractivity contribution in [2.45, 2.75) is 19.1 Å². The number of carboxylic acid groups (broad SMARTS) is 1. The van der Waals surface area contributed by atoms with Gasteiger partial charge in [0.05, 0.1) is 11.0 Å². The lowest BCUT2D eigenvalue weighted by molar-refractivity contribution is 0.0702. The van der Waals surface area contributed by atoms with E-state index in [0.717, 1.165) is 11.3 Å². The van der Waals surface area contributed by atoms with Crippen LogP contribution in [0.3, 0.4) is 0 Å². The Hall–Kier alpha value is -1.08. The summed E-state index contributed by atoms with van der Waals surface area (Å²) >= 11 is 1.05. The Morgan fingerprint density at radius 3 is 2.65 bits per heavy atom. The van der Waals surface area contributed by atoms with E-state index in [4.69, 9.17) is 9.84 Å². The Labute approximate surface area is 104 Å². The van der Waals surface area contributed by atoms with Crippen molar-refractivity contribution in [3.63, 3.8) is 0 Å². The summed E-state index contributed by atoms with van der Waals surface area (Å²) in [5.41, 5.74) is 0. The maximum atomic E-state index is 11.5. The molecule has 0 unspecified atom stereocenters. The van der Waals surface area contributed by atoms with Gasteiger partial charge in [-0.25, -0.2) is 13.2 Å². The van der Waals surface area contributed by atoms with Gasteiger partial charge in [0.25, 0.3) is 0 Å². The molecule has 0 aliphatic rings. The Bertz CT molecular complexity index is 487. The summed E-state index contributed by atoms with van der Waals surface area (Å²) in [5, 5.41) is 9.80. The monoisotopic (exact) mass is 278 g/mol. The zero-order valence-corrected chi connectivity index (χ0v) is 11.2. The van der Waals surface area contributed by atoms with Gasteiger partial charge in [0.15, 0.2) is 9.84 Å². The van der Waals surface area contributed by atoms with Crippen molar-refractivity contribution in [2.24, 2.45) is 0 Å². The number of hydrogen-bond acceptors (Lipinski definition) is 5. The first-order valence-electron chi connectivity index (χ1n) is 4.99. The van der Waals surface area contributed by atoms with Crippen molar-refractivity contribution in [3.8, 4) is 5.75 Å². The van der Waals surface area contributed by atoms with E-state index in [-0.39, 0.29) is 17.2 Å². The van der Waals surface area contributed by atoms with Crippen LogP contribution in [0.25, 0.3) is 0 Å². The molecular formula is C10H14O5S2. The summed E-state index contributed by atoms with van der Waals surface area (Å²) < 4.78 is 28.1. The average molecular weight is 278 g/mol. The second-order valence-corrected chi connectivity index (χ2v) is 7.30. The second-order valence-electron chi connectivity index (χ2n) is 3.72. The van der Waals surface area contributed by atoms with Crippen molar-refractivity contribution >= 4 is 27.1 Å². The summed E-state index contributed by atoms with van der Waals surface area (Å²) in [4.78, 5) is 10.8. The van der Waals surface area contributed by atoms with Gasteiger partial charge in [-0.15, -0.1) is 11.3 Å². The van der Waals surface area contributed by atoms with Gasteiger partial charge < -0.3 is 9.84 Å². The molecule has 1 aromatic rings. The SMILES string of the molecule is CC(C)S(=O)(=O)CCOc1csc(C(=O)O)c1. The van der Waals surface area contributed by atoms with Crippen LogP contribution in [0.15, 0.2) is 11.4 Å². The summed E-state index contributed by atoms with van der Waals surface area (Å²) in [6.45, 7) is 3.27. The fourth-order valence-corrected chi connectivity index (χ4v) is 2.47. The van der Waals surface area contributed by atoms with Crippen molar-refractivity contribution < 1.29 is 23.1 Å². The van der Waals surface area contributed by atoms with Crippen molar-refractivity contribution in [1.82, 2.24) is 0 Å². The molecule has 0 saturated heterocycles. The molecule has 0 spiro atoms. The zero-order chi connectivity index (χ0) is 13.1. The van der Waals surface area contributed by atoms with Gasteiger partial charge in [-0.2, -0.15) is 0 Å². The number of ether oxygens (including phenoxy) is 1. The average Bonchev–Trinajstić information content (AvgIpc) is 2.66.